The van der Waals surface area contributed by atoms with E-state index in [0.29, 0.717) is 19.0 Å². The van der Waals surface area contributed by atoms with Crippen molar-refractivity contribution >= 4 is 16.0 Å². The molecule has 0 bridgehead atoms. The third-order valence-corrected chi connectivity index (χ3v) is 5.10. The van der Waals surface area contributed by atoms with Gasteiger partial charge < -0.3 is 9.47 Å². The van der Waals surface area contributed by atoms with Crippen LogP contribution in [0.1, 0.15) is 18.7 Å². The van der Waals surface area contributed by atoms with Crippen LogP contribution in [0, 0.1) is 5.82 Å². The first-order valence-electron chi connectivity index (χ1n) is 7.19. The van der Waals surface area contributed by atoms with E-state index in [1.807, 2.05) is 9.47 Å². The highest BCUT2D eigenvalue weighted by atomic mass is 32.2. The van der Waals surface area contributed by atoms with Crippen LogP contribution >= 0.6 is 0 Å². The number of sulfonamides is 1. The molecule has 0 aliphatic carbocycles. The van der Waals surface area contributed by atoms with Crippen LogP contribution in [0.15, 0.2) is 24.9 Å². The van der Waals surface area contributed by atoms with Gasteiger partial charge in [0.05, 0.1) is 42.8 Å². The van der Waals surface area contributed by atoms with Crippen molar-refractivity contribution in [1.82, 2.24) is 24.2 Å². The average Bonchev–Trinajstić information content (AvgIpc) is 3.02. The van der Waals surface area contributed by atoms with Crippen molar-refractivity contribution < 1.29 is 12.8 Å². The van der Waals surface area contributed by atoms with Gasteiger partial charge in [-0.05, 0) is 6.92 Å². The molecule has 1 aliphatic heterocycles. The monoisotopic (exact) mass is 340 g/mol. The van der Waals surface area contributed by atoms with Gasteiger partial charge >= 0.3 is 0 Å². The van der Waals surface area contributed by atoms with E-state index in [1.54, 1.807) is 19.4 Å². The first-order chi connectivity index (χ1) is 11.0. The van der Waals surface area contributed by atoms with E-state index in [0.717, 1.165) is 18.1 Å². The van der Waals surface area contributed by atoms with E-state index < -0.39 is 15.8 Å². The number of nitrogens with zero attached hydrogens (tertiary/aromatic N) is 5. The number of halogens is 1. The molecule has 2 aromatic rings. The zero-order valence-corrected chi connectivity index (χ0v) is 13.4. The van der Waals surface area contributed by atoms with Gasteiger partial charge in [-0.3, -0.25) is 0 Å². The molecule has 3 rings (SSSR count). The van der Waals surface area contributed by atoms with Crippen LogP contribution in [-0.2, 0) is 16.6 Å². The third-order valence-electron chi connectivity index (χ3n) is 3.73. The molecule has 0 radical (unpaired) electrons. The Hall–Kier alpha value is -2.07. The molecule has 0 spiro atoms. The maximum atomic E-state index is 13.0. The van der Waals surface area contributed by atoms with Crippen LogP contribution in [0.4, 0.5) is 10.3 Å². The molecule has 2 aromatic heterocycles. The lowest BCUT2D eigenvalue weighted by atomic mass is 10.2. The van der Waals surface area contributed by atoms with Gasteiger partial charge in [0.1, 0.15) is 0 Å². The van der Waals surface area contributed by atoms with Gasteiger partial charge in [-0.15, -0.1) is 0 Å². The summed E-state index contributed by atoms with van der Waals surface area (Å²) < 4.78 is 40.8. The highest BCUT2D eigenvalue weighted by Gasteiger charge is 2.27. The number of rotatable bonds is 5. The molecule has 0 saturated carbocycles. The van der Waals surface area contributed by atoms with Gasteiger partial charge in [-0.25, -0.2) is 32.5 Å². The molecule has 0 saturated heterocycles. The Morgan fingerprint density at radius 2 is 2.09 bits per heavy atom. The van der Waals surface area contributed by atoms with Crippen molar-refractivity contribution in [1.29, 1.82) is 0 Å². The van der Waals surface area contributed by atoms with Gasteiger partial charge in [0.25, 0.3) is 0 Å². The van der Waals surface area contributed by atoms with Crippen LogP contribution in [0.25, 0.3) is 0 Å². The predicted octanol–water partition coefficient (Wildman–Crippen LogP) is 0.313. The Morgan fingerprint density at radius 1 is 1.35 bits per heavy atom. The van der Waals surface area contributed by atoms with Crippen LogP contribution in [-0.4, -0.2) is 46.8 Å². The standard InChI is InChI=1S/C13H17FN6O2S/c1-2-23(21,22)18-6-12-8-19(7-11-5-15-9-20(11)12)13-16-3-10(14)4-17-13/h3-5,9,12,18H,2,6-8H2,1H3/t12-/m1/s1. The second-order valence-corrected chi connectivity index (χ2v) is 7.38. The van der Waals surface area contributed by atoms with Gasteiger partial charge in [-0.1, -0.05) is 0 Å². The van der Waals surface area contributed by atoms with Crippen LogP contribution in [0.2, 0.25) is 0 Å². The fraction of sp³-hybridized carbons (Fsp3) is 0.462. The highest BCUT2D eigenvalue weighted by molar-refractivity contribution is 7.89. The van der Waals surface area contributed by atoms with Crippen molar-refractivity contribution in [2.45, 2.75) is 19.5 Å². The van der Waals surface area contributed by atoms with E-state index in [4.69, 9.17) is 0 Å². The molecule has 10 heteroatoms. The molecule has 23 heavy (non-hydrogen) atoms. The summed E-state index contributed by atoms with van der Waals surface area (Å²) in [7, 11) is -3.28. The van der Waals surface area contributed by atoms with E-state index in [-0.39, 0.29) is 18.3 Å². The van der Waals surface area contributed by atoms with Crippen LogP contribution < -0.4 is 9.62 Å². The summed E-state index contributed by atoms with van der Waals surface area (Å²) in [6, 6.07) is -0.142. The zero-order chi connectivity index (χ0) is 16.4. The fourth-order valence-electron chi connectivity index (χ4n) is 2.49. The third kappa shape index (κ3) is 3.48. The minimum Gasteiger partial charge on any atom is -0.333 e. The molecular weight excluding hydrogens is 323 g/mol. The molecule has 3 heterocycles. The minimum absolute atomic E-state index is 0.0291. The lowest BCUT2D eigenvalue weighted by molar-refractivity contribution is 0.428. The number of hydrogen-bond donors (Lipinski definition) is 1. The molecule has 0 unspecified atom stereocenters. The number of anilines is 1. The maximum Gasteiger partial charge on any atom is 0.225 e. The van der Waals surface area contributed by atoms with Gasteiger partial charge in [0, 0.05) is 19.3 Å². The van der Waals surface area contributed by atoms with Crippen molar-refractivity contribution in [3.05, 3.63) is 36.4 Å². The van der Waals surface area contributed by atoms with Gasteiger partial charge in [0.15, 0.2) is 5.82 Å². The Bertz CT molecular complexity index is 776. The largest absolute Gasteiger partial charge is 0.333 e. The zero-order valence-electron chi connectivity index (χ0n) is 12.6. The summed E-state index contributed by atoms with van der Waals surface area (Å²) in [5.41, 5.74) is 0.921. The van der Waals surface area contributed by atoms with E-state index in [9.17, 15) is 12.8 Å². The molecule has 0 fully saturated rings. The van der Waals surface area contributed by atoms with Crippen molar-refractivity contribution in [2.24, 2.45) is 0 Å². The van der Waals surface area contributed by atoms with Crippen LogP contribution in [0.3, 0.4) is 0 Å². The molecule has 8 nitrogen and oxygen atoms in total. The van der Waals surface area contributed by atoms with Crippen molar-refractivity contribution in [3.8, 4) is 0 Å². The molecule has 124 valence electrons. The second-order valence-electron chi connectivity index (χ2n) is 5.28. The average molecular weight is 340 g/mol. The summed E-state index contributed by atoms with van der Waals surface area (Å²) >= 11 is 0. The molecule has 1 N–H and O–H groups in total. The van der Waals surface area contributed by atoms with E-state index in [2.05, 4.69) is 19.7 Å². The van der Waals surface area contributed by atoms with E-state index >= 15 is 0 Å². The van der Waals surface area contributed by atoms with E-state index in [1.165, 1.54) is 0 Å². The molecule has 1 atom stereocenters. The summed E-state index contributed by atoms with van der Waals surface area (Å²) in [5.74, 6) is -0.0633. The molecule has 1 aliphatic rings. The van der Waals surface area contributed by atoms with Gasteiger partial charge in [-0.2, -0.15) is 0 Å². The quantitative estimate of drug-likeness (QED) is 0.842. The first-order valence-corrected chi connectivity index (χ1v) is 8.84. The summed E-state index contributed by atoms with van der Waals surface area (Å²) in [6.07, 6.45) is 5.63. The Morgan fingerprint density at radius 3 is 2.78 bits per heavy atom. The molecule has 0 aromatic carbocycles. The normalized spacial score (nSPS) is 18.0. The second kappa shape index (κ2) is 6.20. The summed E-state index contributed by atoms with van der Waals surface area (Å²) in [4.78, 5) is 14.0. The smallest absolute Gasteiger partial charge is 0.225 e. The molecule has 0 amide bonds. The van der Waals surface area contributed by atoms with Crippen molar-refractivity contribution in [2.75, 3.05) is 23.7 Å². The lowest BCUT2D eigenvalue weighted by Crippen LogP contribution is -2.43. The highest BCUT2D eigenvalue weighted by Crippen LogP contribution is 2.23. The number of aromatic nitrogens is 4. The predicted molar refractivity (Wildman–Crippen MR) is 81.8 cm³/mol. The summed E-state index contributed by atoms with van der Waals surface area (Å²) in [6.45, 7) is 2.87. The Labute approximate surface area is 133 Å². The number of hydrogen-bond acceptors (Lipinski definition) is 6. The van der Waals surface area contributed by atoms with Gasteiger partial charge in [0.2, 0.25) is 16.0 Å². The number of fused-ring (bicyclic) bond motifs is 1. The van der Waals surface area contributed by atoms with Crippen molar-refractivity contribution in [3.63, 3.8) is 0 Å². The summed E-state index contributed by atoms with van der Waals surface area (Å²) in [5, 5.41) is 0. The topological polar surface area (TPSA) is 93.0 Å². The SMILES string of the molecule is CCS(=O)(=O)NC[C@@H]1CN(c2ncc(F)cn2)Cc2cncn21. The first kappa shape index (κ1) is 15.8. The fourth-order valence-corrected chi connectivity index (χ4v) is 3.15. The Balaban J connectivity index is 1.81. The number of imidazole rings is 1. The minimum atomic E-state index is -3.28. The van der Waals surface area contributed by atoms with Crippen LogP contribution in [0.5, 0.6) is 0 Å². The Kier molecular flexibility index (Phi) is 4.26. The lowest BCUT2D eigenvalue weighted by Gasteiger charge is -2.34. The maximum absolute atomic E-state index is 13.0. The number of nitrogens with one attached hydrogen (secondary N) is 1. The molecular formula is C13H17FN6O2S.